The fourth-order valence-electron chi connectivity index (χ4n) is 4.07. The van der Waals surface area contributed by atoms with Gasteiger partial charge in [0, 0.05) is 36.8 Å². The minimum Gasteiger partial charge on any atom is -0.384 e. The van der Waals surface area contributed by atoms with Gasteiger partial charge in [-0.3, -0.25) is 14.8 Å². The fourth-order valence-corrected chi connectivity index (χ4v) is 4.07. The third-order valence-corrected chi connectivity index (χ3v) is 6.10. The lowest BCUT2D eigenvalue weighted by molar-refractivity contribution is 0.0738. The molecular formula is C27H29FN6O2. The lowest BCUT2D eigenvalue weighted by Crippen LogP contribution is -2.20. The Morgan fingerprint density at radius 1 is 1.11 bits per heavy atom. The van der Waals surface area contributed by atoms with Crippen LogP contribution in [-0.4, -0.2) is 44.5 Å². The predicted octanol–water partition coefficient (Wildman–Crippen LogP) is 4.42. The smallest absolute Gasteiger partial charge is 0.254 e. The number of carbonyl (C=O) groups is 1. The molecular weight excluding hydrogens is 459 g/mol. The summed E-state index contributed by atoms with van der Waals surface area (Å²) < 4.78 is 14.3. The first-order chi connectivity index (χ1) is 17.2. The SMILES string of the molecule is CNC(=O)c1c(F)cnc2c(C(C)CCNc3cc(-c4ccc(C(C)(C)O)nc4)ncn3)cccc12. The number of nitrogens with zero attached hydrogens (tertiary/aromatic N) is 4. The van der Waals surface area contributed by atoms with Gasteiger partial charge in [0.2, 0.25) is 0 Å². The maximum absolute atomic E-state index is 14.3. The van der Waals surface area contributed by atoms with Crippen LogP contribution in [0.1, 0.15) is 54.7 Å². The summed E-state index contributed by atoms with van der Waals surface area (Å²) in [5.41, 5.74) is 2.69. The zero-order valence-electron chi connectivity index (χ0n) is 20.7. The van der Waals surface area contributed by atoms with Crippen LogP contribution in [0.2, 0.25) is 0 Å². The van der Waals surface area contributed by atoms with Crippen LogP contribution in [0.5, 0.6) is 0 Å². The number of fused-ring (bicyclic) bond motifs is 1. The summed E-state index contributed by atoms with van der Waals surface area (Å²) in [6.07, 6.45) is 5.04. The first kappa shape index (κ1) is 25.1. The van der Waals surface area contributed by atoms with Crippen molar-refractivity contribution in [2.45, 2.75) is 38.7 Å². The third-order valence-electron chi connectivity index (χ3n) is 6.10. The quantitative estimate of drug-likeness (QED) is 0.337. The summed E-state index contributed by atoms with van der Waals surface area (Å²) in [6.45, 7) is 6.09. The lowest BCUT2D eigenvalue weighted by Gasteiger charge is -2.17. The number of para-hydroxylation sites is 1. The third kappa shape index (κ3) is 5.31. The van der Waals surface area contributed by atoms with Crippen LogP contribution in [-0.2, 0) is 5.60 Å². The molecule has 0 spiro atoms. The molecule has 0 radical (unpaired) electrons. The highest BCUT2D eigenvalue weighted by atomic mass is 19.1. The van der Waals surface area contributed by atoms with Gasteiger partial charge in [-0.05, 0) is 43.9 Å². The van der Waals surface area contributed by atoms with E-state index in [9.17, 15) is 14.3 Å². The Hall–Kier alpha value is -3.98. The molecule has 3 aromatic heterocycles. The number of amides is 1. The van der Waals surface area contributed by atoms with E-state index in [1.165, 1.54) is 13.4 Å². The molecule has 0 bridgehead atoms. The molecule has 4 aromatic rings. The number of aliphatic hydroxyl groups is 1. The molecule has 36 heavy (non-hydrogen) atoms. The van der Waals surface area contributed by atoms with Gasteiger partial charge in [0.1, 0.15) is 17.7 Å². The van der Waals surface area contributed by atoms with Crippen LogP contribution in [0, 0.1) is 5.82 Å². The molecule has 3 heterocycles. The molecule has 0 saturated heterocycles. The summed E-state index contributed by atoms with van der Waals surface area (Å²) in [6, 6.07) is 11.0. The number of aromatic nitrogens is 4. The van der Waals surface area contributed by atoms with Gasteiger partial charge < -0.3 is 15.7 Å². The van der Waals surface area contributed by atoms with Crippen molar-refractivity contribution in [1.82, 2.24) is 25.3 Å². The molecule has 1 unspecified atom stereocenters. The number of hydrogen-bond acceptors (Lipinski definition) is 7. The topological polar surface area (TPSA) is 113 Å². The van der Waals surface area contributed by atoms with E-state index in [4.69, 9.17) is 0 Å². The number of halogens is 1. The van der Waals surface area contributed by atoms with E-state index >= 15 is 0 Å². The summed E-state index contributed by atoms with van der Waals surface area (Å²) in [5.74, 6) is -0.344. The fraction of sp³-hybridized carbons (Fsp3) is 0.296. The summed E-state index contributed by atoms with van der Waals surface area (Å²) in [4.78, 5) is 29.5. The highest BCUT2D eigenvalue weighted by Crippen LogP contribution is 2.29. The van der Waals surface area contributed by atoms with Crippen molar-refractivity contribution < 1.29 is 14.3 Å². The standard InChI is InChI=1S/C27H29FN6O2/c1-16(18-6-5-7-19-24(26(35)29-4)20(28)14-32-25(18)19)10-11-30-23-12-21(33-15-34-23)17-8-9-22(31-13-17)27(2,3)36/h5-9,12-16,36H,10-11H2,1-4H3,(H,29,35)(H,30,33,34). The van der Waals surface area contributed by atoms with Crippen LogP contribution in [0.15, 0.2) is 55.1 Å². The first-order valence-electron chi connectivity index (χ1n) is 11.7. The zero-order chi connectivity index (χ0) is 25.9. The summed E-state index contributed by atoms with van der Waals surface area (Å²) in [7, 11) is 1.48. The summed E-state index contributed by atoms with van der Waals surface area (Å²) >= 11 is 0. The van der Waals surface area contributed by atoms with Gasteiger partial charge in [0.25, 0.3) is 5.91 Å². The van der Waals surface area contributed by atoms with E-state index in [1.54, 1.807) is 32.2 Å². The van der Waals surface area contributed by atoms with Crippen molar-refractivity contribution in [2.24, 2.45) is 0 Å². The Labute approximate surface area is 209 Å². The molecule has 0 aliphatic heterocycles. The molecule has 1 amide bonds. The monoisotopic (exact) mass is 488 g/mol. The number of rotatable bonds is 8. The van der Waals surface area contributed by atoms with E-state index in [0.717, 1.165) is 29.4 Å². The largest absolute Gasteiger partial charge is 0.384 e. The van der Waals surface area contributed by atoms with Gasteiger partial charge in [0.15, 0.2) is 5.82 Å². The van der Waals surface area contributed by atoms with Crippen LogP contribution >= 0.6 is 0 Å². The van der Waals surface area contributed by atoms with Crippen molar-refractivity contribution in [1.29, 1.82) is 0 Å². The molecule has 0 aliphatic rings. The Morgan fingerprint density at radius 2 is 1.92 bits per heavy atom. The molecule has 1 atom stereocenters. The van der Waals surface area contributed by atoms with Gasteiger partial charge in [-0.25, -0.2) is 14.4 Å². The van der Waals surface area contributed by atoms with Gasteiger partial charge in [-0.1, -0.05) is 25.1 Å². The first-order valence-corrected chi connectivity index (χ1v) is 11.7. The molecule has 186 valence electrons. The average Bonchev–Trinajstić information content (AvgIpc) is 2.87. The maximum Gasteiger partial charge on any atom is 0.254 e. The maximum atomic E-state index is 14.3. The Bertz CT molecular complexity index is 1390. The van der Waals surface area contributed by atoms with E-state index in [2.05, 4.69) is 37.5 Å². The Kier molecular flexibility index (Phi) is 7.21. The summed E-state index contributed by atoms with van der Waals surface area (Å²) in [5, 5.41) is 16.4. The number of carbonyl (C=O) groups excluding carboxylic acids is 1. The highest BCUT2D eigenvalue weighted by molar-refractivity contribution is 6.06. The van der Waals surface area contributed by atoms with Gasteiger partial charge in [0.05, 0.1) is 28.7 Å². The Morgan fingerprint density at radius 3 is 2.61 bits per heavy atom. The van der Waals surface area contributed by atoms with Gasteiger partial charge >= 0.3 is 0 Å². The molecule has 9 heteroatoms. The number of nitrogens with one attached hydrogen (secondary N) is 2. The van der Waals surface area contributed by atoms with E-state index in [0.29, 0.717) is 29.0 Å². The lowest BCUT2D eigenvalue weighted by atomic mass is 9.93. The molecule has 0 aliphatic carbocycles. The molecule has 4 rings (SSSR count). The average molecular weight is 489 g/mol. The van der Waals surface area contributed by atoms with Crippen LogP contribution in [0.25, 0.3) is 22.2 Å². The van der Waals surface area contributed by atoms with Crippen molar-refractivity contribution in [3.05, 3.63) is 77.8 Å². The number of pyridine rings is 2. The molecule has 3 N–H and O–H groups in total. The predicted molar refractivity (Wildman–Crippen MR) is 137 cm³/mol. The number of hydrogen-bond donors (Lipinski definition) is 3. The molecule has 8 nitrogen and oxygen atoms in total. The molecule has 0 fully saturated rings. The van der Waals surface area contributed by atoms with Crippen molar-refractivity contribution in [2.75, 3.05) is 18.9 Å². The zero-order valence-corrected chi connectivity index (χ0v) is 20.7. The van der Waals surface area contributed by atoms with Gasteiger partial charge in [-0.15, -0.1) is 0 Å². The molecule has 0 saturated carbocycles. The number of benzene rings is 1. The number of anilines is 1. The minimum atomic E-state index is -1.01. The van der Waals surface area contributed by atoms with Crippen molar-refractivity contribution in [3.63, 3.8) is 0 Å². The second kappa shape index (κ2) is 10.3. The normalized spacial score (nSPS) is 12.4. The minimum absolute atomic E-state index is 0.00765. The van der Waals surface area contributed by atoms with Crippen LogP contribution in [0.3, 0.4) is 0 Å². The van der Waals surface area contributed by atoms with E-state index in [1.807, 2.05) is 24.3 Å². The molecule has 1 aromatic carbocycles. The van der Waals surface area contributed by atoms with Crippen LogP contribution < -0.4 is 10.6 Å². The van der Waals surface area contributed by atoms with Gasteiger partial charge in [-0.2, -0.15) is 0 Å². The highest BCUT2D eigenvalue weighted by Gasteiger charge is 2.19. The second-order valence-corrected chi connectivity index (χ2v) is 9.20. The second-order valence-electron chi connectivity index (χ2n) is 9.20. The van der Waals surface area contributed by atoms with E-state index < -0.39 is 17.3 Å². The van der Waals surface area contributed by atoms with Crippen molar-refractivity contribution in [3.8, 4) is 11.3 Å². The Balaban J connectivity index is 1.47. The van der Waals surface area contributed by atoms with Crippen molar-refractivity contribution >= 4 is 22.6 Å². The van der Waals surface area contributed by atoms with E-state index in [-0.39, 0.29) is 11.5 Å². The van der Waals surface area contributed by atoms with Crippen LogP contribution in [0.4, 0.5) is 10.2 Å².